The van der Waals surface area contributed by atoms with Gasteiger partial charge in [-0.05, 0) is 18.6 Å². The molecule has 0 bridgehead atoms. The molecule has 1 aromatic carbocycles. The van der Waals surface area contributed by atoms with Gasteiger partial charge < -0.3 is 5.11 Å². The van der Waals surface area contributed by atoms with Gasteiger partial charge in [0.1, 0.15) is 5.75 Å². The lowest BCUT2D eigenvalue weighted by molar-refractivity contribution is -0.385. The second kappa shape index (κ2) is 3.21. The Balaban J connectivity index is 3.20. The smallest absolute Gasteiger partial charge is 0.272 e. The van der Waals surface area contributed by atoms with Crippen molar-refractivity contribution in [3.05, 3.63) is 33.9 Å². The molecule has 0 heterocycles. The van der Waals surface area contributed by atoms with Crippen molar-refractivity contribution in [2.75, 3.05) is 0 Å². The van der Waals surface area contributed by atoms with E-state index in [0.717, 1.165) is 0 Å². The Kier molecular flexibility index (Phi) is 2.28. The molecule has 0 aliphatic rings. The van der Waals surface area contributed by atoms with Crippen LogP contribution in [0.1, 0.15) is 12.5 Å². The molecule has 0 fully saturated rings. The highest BCUT2D eigenvalue weighted by Gasteiger charge is 2.11. The Hall–Kier alpha value is -1.58. The second-order valence-corrected chi connectivity index (χ2v) is 2.42. The van der Waals surface area contributed by atoms with Crippen LogP contribution in [0.25, 0.3) is 0 Å². The fourth-order valence-electron chi connectivity index (χ4n) is 1.03. The van der Waals surface area contributed by atoms with Gasteiger partial charge in [0.25, 0.3) is 5.69 Å². The number of nitro groups is 1. The van der Waals surface area contributed by atoms with E-state index in [4.69, 9.17) is 5.11 Å². The third kappa shape index (κ3) is 1.53. The summed E-state index contributed by atoms with van der Waals surface area (Å²) in [5.74, 6) is 0.0671. The first kappa shape index (κ1) is 8.52. The molecule has 0 atom stereocenters. The van der Waals surface area contributed by atoms with Crippen molar-refractivity contribution in [1.82, 2.24) is 0 Å². The van der Waals surface area contributed by atoms with E-state index >= 15 is 0 Å². The first-order valence-electron chi connectivity index (χ1n) is 3.61. The number of rotatable bonds is 2. The summed E-state index contributed by atoms with van der Waals surface area (Å²) in [6.07, 6.45) is 0.546. The number of phenols is 1. The minimum Gasteiger partial charge on any atom is -0.508 e. The Bertz CT molecular complexity index is 309. The van der Waals surface area contributed by atoms with Crippen LogP contribution in [0.2, 0.25) is 0 Å². The van der Waals surface area contributed by atoms with Crippen LogP contribution < -0.4 is 0 Å². The molecule has 0 amide bonds. The topological polar surface area (TPSA) is 63.4 Å². The van der Waals surface area contributed by atoms with E-state index in [1.807, 2.05) is 6.92 Å². The van der Waals surface area contributed by atoms with E-state index in [1.54, 1.807) is 0 Å². The number of hydrogen-bond acceptors (Lipinski definition) is 3. The van der Waals surface area contributed by atoms with Gasteiger partial charge in [-0.1, -0.05) is 6.92 Å². The quantitative estimate of drug-likeness (QED) is 0.540. The van der Waals surface area contributed by atoms with E-state index < -0.39 is 4.92 Å². The Labute approximate surface area is 69.6 Å². The lowest BCUT2D eigenvalue weighted by atomic mass is 10.1. The molecule has 1 aromatic rings. The van der Waals surface area contributed by atoms with E-state index in [9.17, 15) is 10.1 Å². The second-order valence-electron chi connectivity index (χ2n) is 2.42. The number of phenolic OH excluding ortho intramolecular Hbond substituents is 1. The van der Waals surface area contributed by atoms with Crippen molar-refractivity contribution >= 4 is 5.69 Å². The van der Waals surface area contributed by atoms with Crippen LogP contribution in [0.5, 0.6) is 5.75 Å². The number of nitrogens with zero attached hydrogens (tertiary/aromatic N) is 1. The molecular formula is C8H9NO3. The van der Waals surface area contributed by atoms with E-state index in [-0.39, 0.29) is 11.4 Å². The Morgan fingerprint density at radius 3 is 2.75 bits per heavy atom. The largest absolute Gasteiger partial charge is 0.508 e. The van der Waals surface area contributed by atoms with Gasteiger partial charge in [0.05, 0.1) is 4.92 Å². The molecular weight excluding hydrogens is 158 g/mol. The van der Waals surface area contributed by atoms with Crippen molar-refractivity contribution in [3.8, 4) is 5.75 Å². The van der Waals surface area contributed by atoms with Gasteiger partial charge in [-0.3, -0.25) is 10.1 Å². The van der Waals surface area contributed by atoms with Gasteiger partial charge in [0.15, 0.2) is 0 Å². The molecule has 0 aliphatic carbocycles. The van der Waals surface area contributed by atoms with Gasteiger partial charge in [-0.2, -0.15) is 0 Å². The Morgan fingerprint density at radius 1 is 1.58 bits per heavy atom. The van der Waals surface area contributed by atoms with Crippen LogP contribution in [0.4, 0.5) is 5.69 Å². The summed E-state index contributed by atoms with van der Waals surface area (Å²) in [7, 11) is 0. The summed E-state index contributed by atoms with van der Waals surface area (Å²) in [5, 5.41) is 19.4. The Morgan fingerprint density at radius 2 is 2.25 bits per heavy atom. The van der Waals surface area contributed by atoms with Crippen molar-refractivity contribution in [2.24, 2.45) is 0 Å². The predicted molar refractivity (Wildman–Crippen MR) is 44.1 cm³/mol. The molecule has 1 N–H and O–H groups in total. The SMILES string of the molecule is CCc1cc(O)ccc1[N+](=O)[O-]. The first-order valence-corrected chi connectivity index (χ1v) is 3.61. The molecule has 0 saturated heterocycles. The highest BCUT2D eigenvalue weighted by molar-refractivity contribution is 5.44. The number of benzene rings is 1. The number of hydrogen-bond donors (Lipinski definition) is 1. The highest BCUT2D eigenvalue weighted by atomic mass is 16.6. The van der Waals surface area contributed by atoms with Crippen LogP contribution >= 0.6 is 0 Å². The summed E-state index contributed by atoms with van der Waals surface area (Å²) in [6, 6.07) is 4.05. The summed E-state index contributed by atoms with van der Waals surface area (Å²) in [4.78, 5) is 9.97. The third-order valence-corrected chi connectivity index (χ3v) is 1.64. The average Bonchev–Trinajstić information content (AvgIpc) is 2.03. The highest BCUT2D eigenvalue weighted by Crippen LogP contribution is 2.23. The lowest BCUT2D eigenvalue weighted by Gasteiger charge is -1.99. The maximum absolute atomic E-state index is 10.4. The standard InChI is InChI=1S/C8H9NO3/c1-2-6-5-7(10)3-4-8(6)9(11)12/h3-5,10H,2H2,1H3. The number of nitro benzene ring substituents is 1. The molecule has 12 heavy (non-hydrogen) atoms. The molecule has 0 radical (unpaired) electrons. The molecule has 0 aliphatic heterocycles. The number of aromatic hydroxyl groups is 1. The van der Waals surface area contributed by atoms with E-state index in [1.165, 1.54) is 18.2 Å². The minimum atomic E-state index is -0.446. The molecule has 0 aromatic heterocycles. The van der Waals surface area contributed by atoms with Crippen molar-refractivity contribution < 1.29 is 10.0 Å². The van der Waals surface area contributed by atoms with Gasteiger partial charge in [-0.25, -0.2) is 0 Å². The fraction of sp³-hybridized carbons (Fsp3) is 0.250. The monoisotopic (exact) mass is 167 g/mol. The van der Waals surface area contributed by atoms with Crippen molar-refractivity contribution in [1.29, 1.82) is 0 Å². The molecule has 4 heteroatoms. The zero-order chi connectivity index (χ0) is 9.14. The normalized spacial score (nSPS) is 9.75. The number of aryl methyl sites for hydroxylation is 1. The first-order chi connectivity index (χ1) is 5.65. The van der Waals surface area contributed by atoms with Crippen molar-refractivity contribution in [2.45, 2.75) is 13.3 Å². The van der Waals surface area contributed by atoms with E-state index in [0.29, 0.717) is 12.0 Å². The molecule has 64 valence electrons. The van der Waals surface area contributed by atoms with Gasteiger partial charge >= 0.3 is 0 Å². The summed E-state index contributed by atoms with van der Waals surface area (Å²) >= 11 is 0. The molecule has 1 rings (SSSR count). The zero-order valence-electron chi connectivity index (χ0n) is 6.65. The van der Waals surface area contributed by atoms with Crippen molar-refractivity contribution in [3.63, 3.8) is 0 Å². The summed E-state index contributed by atoms with van der Waals surface area (Å²) < 4.78 is 0. The van der Waals surface area contributed by atoms with Gasteiger partial charge in [-0.15, -0.1) is 0 Å². The summed E-state index contributed by atoms with van der Waals surface area (Å²) in [5.41, 5.74) is 0.621. The van der Waals surface area contributed by atoms with Crippen LogP contribution in [0.3, 0.4) is 0 Å². The van der Waals surface area contributed by atoms with Crippen LogP contribution in [0.15, 0.2) is 18.2 Å². The fourth-order valence-corrected chi connectivity index (χ4v) is 1.03. The third-order valence-electron chi connectivity index (χ3n) is 1.64. The van der Waals surface area contributed by atoms with E-state index in [2.05, 4.69) is 0 Å². The van der Waals surface area contributed by atoms with Crippen LogP contribution in [0, 0.1) is 10.1 Å². The zero-order valence-corrected chi connectivity index (χ0v) is 6.65. The van der Waals surface area contributed by atoms with Crippen LogP contribution in [-0.4, -0.2) is 10.0 Å². The van der Waals surface area contributed by atoms with Gasteiger partial charge in [0.2, 0.25) is 0 Å². The molecule has 0 saturated carbocycles. The van der Waals surface area contributed by atoms with Crippen LogP contribution in [-0.2, 0) is 6.42 Å². The lowest BCUT2D eigenvalue weighted by Crippen LogP contribution is -1.93. The molecule has 4 nitrogen and oxygen atoms in total. The predicted octanol–water partition coefficient (Wildman–Crippen LogP) is 1.86. The maximum Gasteiger partial charge on any atom is 0.272 e. The molecule has 0 unspecified atom stereocenters. The summed E-state index contributed by atoms with van der Waals surface area (Å²) in [6.45, 7) is 1.81. The average molecular weight is 167 g/mol. The van der Waals surface area contributed by atoms with Gasteiger partial charge in [0, 0.05) is 11.6 Å². The molecule has 0 spiro atoms. The maximum atomic E-state index is 10.4. The minimum absolute atomic E-state index is 0.0651.